The van der Waals surface area contributed by atoms with Gasteiger partial charge < -0.3 is 26.2 Å². The number of anilines is 3. The summed E-state index contributed by atoms with van der Waals surface area (Å²) in [5.74, 6) is -0.220. The van der Waals surface area contributed by atoms with Gasteiger partial charge in [-0.2, -0.15) is 0 Å². The lowest BCUT2D eigenvalue weighted by Gasteiger charge is -2.28. The number of carbonyl (C=O) groups is 2. The number of nitrogen functional groups attached to an aromatic ring is 1. The predicted molar refractivity (Wildman–Crippen MR) is 154 cm³/mol. The Hall–Kier alpha value is -4.07. The van der Waals surface area contributed by atoms with Crippen molar-refractivity contribution in [2.75, 3.05) is 49.1 Å². The number of likely N-dealkylation sites (tertiary alicyclic amines) is 1. The molecule has 1 aromatic heterocycles. The Kier molecular flexibility index (Phi) is 9.56. The van der Waals surface area contributed by atoms with Crippen molar-refractivity contribution in [3.05, 3.63) is 72.6 Å². The van der Waals surface area contributed by atoms with E-state index in [0.29, 0.717) is 16.9 Å². The van der Waals surface area contributed by atoms with Crippen molar-refractivity contribution in [3.8, 4) is 11.1 Å². The molecule has 2 aromatic carbocycles. The topological polar surface area (TPSA) is 104 Å². The molecule has 4 rings (SSSR count). The maximum atomic E-state index is 12.9. The molecule has 0 saturated carbocycles. The van der Waals surface area contributed by atoms with Crippen molar-refractivity contribution in [1.82, 2.24) is 14.8 Å². The molecule has 200 valence electrons. The molecule has 0 bridgehead atoms. The molecule has 1 aliphatic rings. The molecule has 38 heavy (non-hydrogen) atoms. The molecule has 1 fully saturated rings. The van der Waals surface area contributed by atoms with Gasteiger partial charge in [0.05, 0.1) is 11.4 Å². The Bertz CT molecular complexity index is 1190. The Morgan fingerprint density at radius 2 is 1.66 bits per heavy atom. The van der Waals surface area contributed by atoms with Crippen molar-refractivity contribution in [2.45, 2.75) is 39.0 Å². The van der Waals surface area contributed by atoms with Crippen LogP contribution in [0.3, 0.4) is 0 Å². The fraction of sp³-hybridized carbons (Fsp3) is 0.367. The SMILES string of the molecule is CCCCN(CCCNc1ccc(C(=O)Nc2cc(-c3ccncc3)ccc2N)cc1)C(=O)N1CCCC1. The van der Waals surface area contributed by atoms with E-state index >= 15 is 0 Å². The third-order valence-electron chi connectivity index (χ3n) is 6.82. The first-order chi connectivity index (χ1) is 18.5. The van der Waals surface area contributed by atoms with Gasteiger partial charge in [-0.1, -0.05) is 19.4 Å². The predicted octanol–water partition coefficient (Wildman–Crippen LogP) is 5.70. The molecule has 1 aliphatic heterocycles. The first kappa shape index (κ1) is 27.0. The molecule has 8 nitrogen and oxygen atoms in total. The van der Waals surface area contributed by atoms with E-state index in [4.69, 9.17) is 5.73 Å². The van der Waals surface area contributed by atoms with E-state index in [1.807, 2.05) is 46.2 Å². The standard InChI is InChI=1S/C30H38N6O2/c1-2-3-18-35(30(38)36-19-4-5-20-36)21-6-15-33-26-10-7-24(8-11-26)29(37)34-28-22-25(9-12-27(28)31)23-13-16-32-17-14-23/h7-14,16-17,22,33H,2-6,15,18-21,31H2,1H3,(H,34,37). The lowest BCUT2D eigenvalue weighted by Crippen LogP contribution is -2.43. The average molecular weight is 515 g/mol. The molecule has 1 saturated heterocycles. The van der Waals surface area contributed by atoms with Gasteiger partial charge in [-0.05, 0) is 85.3 Å². The number of carbonyl (C=O) groups excluding carboxylic acids is 2. The molecule has 8 heteroatoms. The molecule has 3 amide bonds. The van der Waals surface area contributed by atoms with E-state index < -0.39 is 0 Å². The van der Waals surface area contributed by atoms with Crippen LogP contribution in [0.25, 0.3) is 11.1 Å². The van der Waals surface area contributed by atoms with Crippen LogP contribution < -0.4 is 16.4 Å². The maximum absolute atomic E-state index is 12.9. The van der Waals surface area contributed by atoms with Crippen LogP contribution in [-0.4, -0.2) is 59.4 Å². The second kappa shape index (κ2) is 13.5. The van der Waals surface area contributed by atoms with Gasteiger partial charge in [0.15, 0.2) is 0 Å². The number of aromatic nitrogens is 1. The van der Waals surface area contributed by atoms with Crippen LogP contribution in [0.1, 0.15) is 49.4 Å². The van der Waals surface area contributed by atoms with Gasteiger partial charge >= 0.3 is 6.03 Å². The number of nitrogens with one attached hydrogen (secondary N) is 2. The van der Waals surface area contributed by atoms with E-state index in [-0.39, 0.29) is 11.9 Å². The number of hydrogen-bond donors (Lipinski definition) is 3. The zero-order valence-electron chi connectivity index (χ0n) is 22.2. The molecule has 4 N–H and O–H groups in total. The summed E-state index contributed by atoms with van der Waals surface area (Å²) >= 11 is 0. The van der Waals surface area contributed by atoms with Gasteiger partial charge in [-0.15, -0.1) is 0 Å². The molecule has 0 radical (unpaired) electrons. The van der Waals surface area contributed by atoms with Gasteiger partial charge in [0, 0.05) is 56.4 Å². The Labute approximate surface area is 225 Å². The second-order valence-electron chi connectivity index (χ2n) is 9.67. The molecule has 0 aliphatic carbocycles. The molecule has 0 spiro atoms. The van der Waals surface area contributed by atoms with Crippen molar-refractivity contribution in [2.24, 2.45) is 0 Å². The van der Waals surface area contributed by atoms with Gasteiger partial charge in [-0.3, -0.25) is 9.78 Å². The highest BCUT2D eigenvalue weighted by molar-refractivity contribution is 6.06. The number of benzene rings is 2. The Morgan fingerprint density at radius 3 is 2.37 bits per heavy atom. The van der Waals surface area contributed by atoms with E-state index in [1.54, 1.807) is 30.6 Å². The molecule has 0 atom stereocenters. The summed E-state index contributed by atoms with van der Waals surface area (Å²) in [4.78, 5) is 33.8. The van der Waals surface area contributed by atoms with E-state index in [9.17, 15) is 9.59 Å². The normalized spacial score (nSPS) is 12.8. The van der Waals surface area contributed by atoms with Crippen molar-refractivity contribution >= 4 is 29.0 Å². The van der Waals surface area contributed by atoms with Crippen LogP contribution in [0.4, 0.5) is 21.9 Å². The highest BCUT2D eigenvalue weighted by Crippen LogP contribution is 2.27. The molecular weight excluding hydrogens is 476 g/mol. The molecule has 3 aromatic rings. The lowest BCUT2D eigenvalue weighted by molar-refractivity contribution is 0.102. The van der Waals surface area contributed by atoms with Crippen LogP contribution in [0.5, 0.6) is 0 Å². The number of nitrogens with zero attached hydrogens (tertiary/aromatic N) is 3. The van der Waals surface area contributed by atoms with E-state index in [1.165, 1.54) is 0 Å². The maximum Gasteiger partial charge on any atom is 0.319 e. The zero-order valence-corrected chi connectivity index (χ0v) is 22.2. The number of nitrogens with two attached hydrogens (primary N) is 1. The van der Waals surface area contributed by atoms with Crippen molar-refractivity contribution in [1.29, 1.82) is 0 Å². The summed E-state index contributed by atoms with van der Waals surface area (Å²) in [5.41, 5.74) is 10.6. The highest BCUT2D eigenvalue weighted by Gasteiger charge is 2.22. The number of unbranched alkanes of at least 4 members (excludes halogenated alkanes) is 1. The largest absolute Gasteiger partial charge is 0.397 e. The van der Waals surface area contributed by atoms with Crippen LogP contribution in [-0.2, 0) is 0 Å². The number of rotatable bonds is 11. The number of pyridine rings is 1. The number of urea groups is 1. The van der Waals surface area contributed by atoms with Crippen LogP contribution in [0.2, 0.25) is 0 Å². The Balaban J connectivity index is 1.28. The zero-order chi connectivity index (χ0) is 26.7. The summed E-state index contributed by atoms with van der Waals surface area (Å²) in [6.07, 6.45) is 8.63. The fourth-order valence-corrected chi connectivity index (χ4v) is 4.59. The summed E-state index contributed by atoms with van der Waals surface area (Å²) in [6, 6.07) is 17.0. The van der Waals surface area contributed by atoms with Gasteiger partial charge in [0.1, 0.15) is 0 Å². The summed E-state index contributed by atoms with van der Waals surface area (Å²) < 4.78 is 0. The third-order valence-corrected chi connectivity index (χ3v) is 6.82. The van der Waals surface area contributed by atoms with Crippen LogP contribution in [0, 0.1) is 0 Å². The van der Waals surface area contributed by atoms with Crippen molar-refractivity contribution in [3.63, 3.8) is 0 Å². The quantitative estimate of drug-likeness (QED) is 0.225. The van der Waals surface area contributed by atoms with Crippen LogP contribution >= 0.6 is 0 Å². The number of amides is 3. The average Bonchev–Trinajstić information content (AvgIpc) is 3.49. The molecular formula is C30H38N6O2. The molecule has 0 unspecified atom stereocenters. The smallest absolute Gasteiger partial charge is 0.319 e. The number of hydrogen-bond acceptors (Lipinski definition) is 5. The van der Waals surface area contributed by atoms with Crippen molar-refractivity contribution < 1.29 is 9.59 Å². The lowest BCUT2D eigenvalue weighted by atomic mass is 10.1. The van der Waals surface area contributed by atoms with Crippen LogP contribution in [0.15, 0.2) is 67.0 Å². The van der Waals surface area contributed by atoms with Gasteiger partial charge in [-0.25, -0.2) is 4.79 Å². The first-order valence-electron chi connectivity index (χ1n) is 13.5. The summed E-state index contributed by atoms with van der Waals surface area (Å²) in [6.45, 7) is 6.21. The van der Waals surface area contributed by atoms with E-state index in [2.05, 4.69) is 22.5 Å². The second-order valence-corrected chi connectivity index (χ2v) is 9.67. The third kappa shape index (κ3) is 7.25. The fourth-order valence-electron chi connectivity index (χ4n) is 4.59. The highest BCUT2D eigenvalue weighted by atomic mass is 16.2. The van der Waals surface area contributed by atoms with E-state index in [0.717, 1.165) is 81.6 Å². The minimum absolute atomic E-state index is 0.179. The minimum Gasteiger partial charge on any atom is -0.397 e. The minimum atomic E-state index is -0.220. The molecule has 2 heterocycles. The summed E-state index contributed by atoms with van der Waals surface area (Å²) in [5, 5.41) is 6.34. The Morgan fingerprint density at radius 1 is 0.947 bits per heavy atom. The van der Waals surface area contributed by atoms with Gasteiger partial charge in [0.25, 0.3) is 5.91 Å². The summed E-state index contributed by atoms with van der Waals surface area (Å²) in [7, 11) is 0. The van der Waals surface area contributed by atoms with Gasteiger partial charge in [0.2, 0.25) is 0 Å². The first-order valence-corrected chi connectivity index (χ1v) is 13.5. The monoisotopic (exact) mass is 514 g/mol.